The van der Waals surface area contributed by atoms with Crippen molar-refractivity contribution in [2.75, 3.05) is 24.5 Å². The Morgan fingerprint density at radius 1 is 1.13 bits per heavy atom. The van der Waals surface area contributed by atoms with Crippen molar-refractivity contribution in [3.05, 3.63) is 75.3 Å². The van der Waals surface area contributed by atoms with Gasteiger partial charge in [0.1, 0.15) is 11.6 Å². The van der Waals surface area contributed by atoms with E-state index in [0.717, 1.165) is 42.5 Å². The van der Waals surface area contributed by atoms with Crippen LogP contribution in [0.1, 0.15) is 34.6 Å². The van der Waals surface area contributed by atoms with Crippen LogP contribution >= 0.6 is 34.7 Å². The number of carbonyl (C=O) groups excluding carboxylic acids is 1. The zero-order chi connectivity index (χ0) is 21.8. The summed E-state index contributed by atoms with van der Waals surface area (Å²) in [5.41, 5.74) is 1.46. The molecule has 1 N–H and O–H groups in total. The number of rotatable bonds is 6. The number of amides is 1. The van der Waals surface area contributed by atoms with Crippen LogP contribution in [0.15, 0.2) is 42.5 Å². The second-order valence-corrected chi connectivity index (χ2v) is 9.20. The van der Waals surface area contributed by atoms with E-state index in [1.165, 1.54) is 23.7 Å². The molecule has 162 valence electrons. The highest BCUT2D eigenvalue weighted by atomic mass is 35.5. The first-order chi connectivity index (χ1) is 15.0. The minimum absolute atomic E-state index is 0.165. The molecule has 0 aliphatic carbocycles. The van der Waals surface area contributed by atoms with E-state index >= 15 is 0 Å². The molecule has 1 aliphatic rings. The first kappa shape index (κ1) is 22.0. The molecule has 0 unspecified atom stereocenters. The van der Waals surface area contributed by atoms with Gasteiger partial charge in [0, 0.05) is 53.2 Å². The molecule has 9 heteroatoms. The number of nitrogens with one attached hydrogen (secondary N) is 1. The van der Waals surface area contributed by atoms with E-state index in [9.17, 15) is 9.18 Å². The molecule has 0 radical (unpaired) electrons. The Bertz CT molecular complexity index is 1030. The Labute approximate surface area is 194 Å². The van der Waals surface area contributed by atoms with E-state index in [-0.39, 0.29) is 11.7 Å². The van der Waals surface area contributed by atoms with Gasteiger partial charge in [-0.3, -0.25) is 4.79 Å². The number of piperidine rings is 1. The van der Waals surface area contributed by atoms with Crippen molar-refractivity contribution in [3.63, 3.8) is 0 Å². The second-order valence-electron chi connectivity index (χ2n) is 7.59. The lowest BCUT2D eigenvalue weighted by Crippen LogP contribution is -2.38. The first-order valence-electron chi connectivity index (χ1n) is 10.0. The van der Waals surface area contributed by atoms with Crippen LogP contribution in [0.2, 0.25) is 10.0 Å². The Kier molecular flexibility index (Phi) is 7.05. The molecule has 1 saturated heterocycles. The van der Waals surface area contributed by atoms with Crippen LogP contribution < -0.4 is 10.2 Å². The van der Waals surface area contributed by atoms with Gasteiger partial charge in [0.25, 0.3) is 5.91 Å². The summed E-state index contributed by atoms with van der Waals surface area (Å²) >= 11 is 13.3. The van der Waals surface area contributed by atoms with Crippen LogP contribution in [-0.2, 0) is 6.42 Å². The summed E-state index contributed by atoms with van der Waals surface area (Å²) in [6.07, 6.45) is 2.51. The summed E-state index contributed by atoms with van der Waals surface area (Å²) in [5.74, 6) is 0.745. The predicted octanol–water partition coefficient (Wildman–Crippen LogP) is 5.22. The normalized spacial score (nSPS) is 14.6. The SMILES string of the molecule is O=C(NCC1CCN(c2nc(Cc3ccc(F)cc3)ns2)CC1)c1cc(Cl)cc(Cl)c1. The predicted molar refractivity (Wildman–Crippen MR) is 123 cm³/mol. The molecule has 2 aromatic carbocycles. The first-order valence-corrected chi connectivity index (χ1v) is 11.6. The zero-order valence-corrected chi connectivity index (χ0v) is 19.0. The molecular weight excluding hydrogens is 458 g/mol. The maximum atomic E-state index is 13.1. The van der Waals surface area contributed by atoms with Crippen LogP contribution in [0.3, 0.4) is 0 Å². The Morgan fingerprint density at radius 2 is 1.81 bits per heavy atom. The number of nitrogens with zero attached hydrogens (tertiary/aromatic N) is 3. The molecule has 4 rings (SSSR count). The van der Waals surface area contributed by atoms with E-state index < -0.39 is 0 Å². The lowest BCUT2D eigenvalue weighted by Gasteiger charge is -2.31. The van der Waals surface area contributed by atoms with Crippen molar-refractivity contribution in [1.82, 2.24) is 14.7 Å². The average molecular weight is 479 g/mol. The van der Waals surface area contributed by atoms with E-state index in [4.69, 9.17) is 23.2 Å². The van der Waals surface area contributed by atoms with Gasteiger partial charge in [-0.25, -0.2) is 9.37 Å². The molecule has 1 fully saturated rings. The van der Waals surface area contributed by atoms with Gasteiger partial charge in [-0.1, -0.05) is 35.3 Å². The quantitative estimate of drug-likeness (QED) is 0.527. The van der Waals surface area contributed by atoms with Gasteiger partial charge in [-0.15, -0.1) is 0 Å². The number of hydrogen-bond acceptors (Lipinski definition) is 5. The van der Waals surface area contributed by atoms with Gasteiger partial charge in [-0.2, -0.15) is 4.37 Å². The highest BCUT2D eigenvalue weighted by molar-refractivity contribution is 7.09. The van der Waals surface area contributed by atoms with Gasteiger partial charge in [0.05, 0.1) is 0 Å². The fourth-order valence-electron chi connectivity index (χ4n) is 3.58. The molecule has 1 aliphatic heterocycles. The zero-order valence-electron chi connectivity index (χ0n) is 16.7. The molecule has 3 aromatic rings. The molecule has 0 saturated carbocycles. The molecule has 0 bridgehead atoms. The minimum atomic E-state index is -0.244. The van der Waals surface area contributed by atoms with Crippen molar-refractivity contribution in [2.24, 2.45) is 5.92 Å². The highest BCUT2D eigenvalue weighted by Crippen LogP contribution is 2.25. The summed E-state index contributed by atoms with van der Waals surface area (Å²) in [6.45, 7) is 2.35. The molecule has 0 atom stereocenters. The van der Waals surface area contributed by atoms with Gasteiger partial charge >= 0.3 is 0 Å². The van der Waals surface area contributed by atoms with Gasteiger partial charge in [0.15, 0.2) is 0 Å². The van der Waals surface area contributed by atoms with E-state index in [1.54, 1.807) is 30.3 Å². The molecule has 1 aromatic heterocycles. The monoisotopic (exact) mass is 478 g/mol. The van der Waals surface area contributed by atoms with Crippen molar-refractivity contribution in [2.45, 2.75) is 19.3 Å². The number of hydrogen-bond donors (Lipinski definition) is 1. The highest BCUT2D eigenvalue weighted by Gasteiger charge is 2.22. The second kappa shape index (κ2) is 9.94. The van der Waals surface area contributed by atoms with Gasteiger partial charge in [-0.05, 0) is 54.7 Å². The van der Waals surface area contributed by atoms with E-state index in [1.807, 2.05) is 0 Å². The Hall–Kier alpha value is -2.22. The number of halogens is 3. The maximum Gasteiger partial charge on any atom is 0.251 e. The van der Waals surface area contributed by atoms with Crippen LogP contribution in [0.5, 0.6) is 0 Å². The lowest BCUT2D eigenvalue weighted by atomic mass is 9.97. The third-order valence-electron chi connectivity index (χ3n) is 5.29. The standard InChI is InChI=1S/C22H21Cl2FN4OS/c23-17-10-16(11-18(24)12-17)21(30)26-13-15-5-7-29(8-6-15)22-27-20(28-31-22)9-14-1-3-19(25)4-2-14/h1-4,10-12,15H,5-9,13H2,(H,26,30). The average Bonchev–Trinajstić information content (AvgIpc) is 3.22. The van der Waals surface area contributed by atoms with Crippen LogP contribution in [-0.4, -0.2) is 34.9 Å². The Balaban J connectivity index is 1.25. The van der Waals surface area contributed by atoms with Crippen molar-refractivity contribution < 1.29 is 9.18 Å². The fourth-order valence-corrected chi connectivity index (χ4v) is 4.84. The summed E-state index contributed by atoms with van der Waals surface area (Å²) in [5, 5.41) is 4.79. The van der Waals surface area contributed by atoms with Crippen LogP contribution in [0.4, 0.5) is 9.52 Å². The third kappa shape index (κ3) is 5.93. The van der Waals surface area contributed by atoms with Crippen molar-refractivity contribution in [1.29, 1.82) is 0 Å². The van der Waals surface area contributed by atoms with Crippen LogP contribution in [0.25, 0.3) is 0 Å². The summed E-state index contributed by atoms with van der Waals surface area (Å²) in [7, 11) is 0. The number of benzene rings is 2. The smallest absolute Gasteiger partial charge is 0.251 e. The Morgan fingerprint density at radius 3 is 2.48 bits per heavy atom. The largest absolute Gasteiger partial charge is 0.352 e. The van der Waals surface area contributed by atoms with Crippen molar-refractivity contribution >= 4 is 45.8 Å². The van der Waals surface area contributed by atoms with E-state index in [2.05, 4.69) is 19.6 Å². The summed E-state index contributed by atoms with van der Waals surface area (Å²) < 4.78 is 17.5. The number of carbonyl (C=O) groups is 1. The molecule has 5 nitrogen and oxygen atoms in total. The molecular formula is C22H21Cl2FN4OS. The number of anilines is 1. The summed E-state index contributed by atoms with van der Waals surface area (Å²) in [4.78, 5) is 19.3. The molecule has 1 amide bonds. The molecule has 0 spiro atoms. The fraction of sp³-hybridized carbons (Fsp3) is 0.318. The third-order valence-corrected chi connectivity index (χ3v) is 6.55. The van der Waals surface area contributed by atoms with Crippen molar-refractivity contribution in [3.8, 4) is 0 Å². The topological polar surface area (TPSA) is 58.1 Å². The summed E-state index contributed by atoms with van der Waals surface area (Å²) in [6, 6.07) is 11.3. The minimum Gasteiger partial charge on any atom is -0.352 e. The van der Waals surface area contributed by atoms with Gasteiger partial charge < -0.3 is 10.2 Å². The molecule has 31 heavy (non-hydrogen) atoms. The van der Waals surface area contributed by atoms with E-state index in [0.29, 0.717) is 34.5 Å². The number of aromatic nitrogens is 2. The van der Waals surface area contributed by atoms with Crippen LogP contribution in [0, 0.1) is 11.7 Å². The van der Waals surface area contributed by atoms with Gasteiger partial charge in [0.2, 0.25) is 5.13 Å². The molecule has 2 heterocycles. The maximum absolute atomic E-state index is 13.1. The lowest BCUT2D eigenvalue weighted by molar-refractivity contribution is 0.0945.